The van der Waals surface area contributed by atoms with Gasteiger partial charge in [-0.1, -0.05) is 49.9 Å². The van der Waals surface area contributed by atoms with Crippen molar-refractivity contribution in [3.8, 4) is 0 Å². The van der Waals surface area contributed by atoms with Gasteiger partial charge in [0.1, 0.15) is 10.6 Å². The number of anilines is 4. The van der Waals surface area contributed by atoms with Crippen LogP contribution in [0.25, 0.3) is 43.6 Å². The van der Waals surface area contributed by atoms with Gasteiger partial charge in [-0.05, 0) is 113 Å². The van der Waals surface area contributed by atoms with Gasteiger partial charge in [0.15, 0.2) is 0 Å². The summed E-state index contributed by atoms with van der Waals surface area (Å²) in [5.41, 5.74) is 10.5. The van der Waals surface area contributed by atoms with Gasteiger partial charge in [0, 0.05) is 94.5 Å². The highest BCUT2D eigenvalue weighted by molar-refractivity contribution is 7.90. The quantitative estimate of drug-likeness (QED) is 0.162. The van der Waals surface area contributed by atoms with Gasteiger partial charge in [-0.25, -0.2) is 0 Å². The highest BCUT2D eigenvalue weighted by Crippen LogP contribution is 2.65. The third-order valence-corrected chi connectivity index (χ3v) is 21.7. The number of nitrogens with zero attached hydrogens (tertiary/aromatic N) is 6. The number of hydrogen-bond donors (Lipinski definition) is 0. The van der Waals surface area contributed by atoms with Crippen molar-refractivity contribution in [3.63, 3.8) is 0 Å². The zero-order valence-corrected chi connectivity index (χ0v) is 36.1. The van der Waals surface area contributed by atoms with E-state index in [2.05, 4.69) is 128 Å². The van der Waals surface area contributed by atoms with Crippen LogP contribution < -0.4 is 31.0 Å². The lowest BCUT2D eigenvalue weighted by Gasteiger charge is -2.41. The molecule has 0 N–H and O–H groups in total. The molecular weight excluding hydrogens is 759 g/mol. The van der Waals surface area contributed by atoms with Gasteiger partial charge in [-0.2, -0.15) is 0 Å². The Balaban J connectivity index is 1.33. The van der Waals surface area contributed by atoms with E-state index in [0.29, 0.717) is 11.3 Å². The van der Waals surface area contributed by atoms with E-state index in [1.54, 1.807) is 0 Å². The van der Waals surface area contributed by atoms with E-state index in [9.17, 15) is 0 Å². The second-order valence-corrected chi connectivity index (χ2v) is 23.6. The number of hydrogen-bond acceptors (Lipinski definition) is 6. The summed E-state index contributed by atoms with van der Waals surface area (Å²) in [4.78, 5) is 25.4. The first-order chi connectivity index (χ1) is 29.0. The van der Waals surface area contributed by atoms with Crippen LogP contribution in [0.4, 0.5) is 22.7 Å². The lowest BCUT2D eigenvalue weighted by molar-refractivity contribution is 0.511. The van der Waals surface area contributed by atoms with E-state index in [0.717, 1.165) is 22.1 Å². The monoisotopic (exact) mass is 809 g/mol. The van der Waals surface area contributed by atoms with Crippen molar-refractivity contribution in [2.45, 2.75) is 75.5 Å². The molecule has 0 saturated heterocycles. The maximum atomic E-state index is 5.06. The molecule has 0 bridgehead atoms. The van der Waals surface area contributed by atoms with Crippen LogP contribution in [0.15, 0.2) is 122 Å². The van der Waals surface area contributed by atoms with Crippen LogP contribution in [0.2, 0.25) is 0 Å². The molecule has 0 radical (unpaired) electrons. The van der Waals surface area contributed by atoms with Crippen LogP contribution in [-0.4, -0.2) is 52.0 Å². The van der Waals surface area contributed by atoms with Gasteiger partial charge < -0.3 is 9.80 Å². The van der Waals surface area contributed by atoms with Gasteiger partial charge in [0.2, 0.25) is 0 Å². The number of aromatic nitrogens is 4. The fourth-order valence-corrected chi connectivity index (χ4v) is 18.8. The van der Waals surface area contributed by atoms with E-state index in [1.807, 2.05) is 24.8 Å². The van der Waals surface area contributed by atoms with E-state index < -0.39 is 15.2 Å². The van der Waals surface area contributed by atoms with Crippen molar-refractivity contribution in [1.82, 2.24) is 19.9 Å². The van der Waals surface area contributed by atoms with Crippen molar-refractivity contribution in [2.75, 3.05) is 30.6 Å². The molecule has 6 nitrogen and oxygen atoms in total. The second kappa shape index (κ2) is 14.9. The van der Waals surface area contributed by atoms with Gasteiger partial charge in [0.05, 0.1) is 53.0 Å². The summed E-state index contributed by atoms with van der Waals surface area (Å²) in [5.74, 6) is 0. The second-order valence-electron chi connectivity index (χ2n) is 17.3. The summed E-state index contributed by atoms with van der Waals surface area (Å²) in [6.45, 7) is 2.67. The molecule has 2 fully saturated rings. The van der Waals surface area contributed by atoms with Crippen molar-refractivity contribution in [2.24, 2.45) is 0 Å². The average Bonchev–Trinajstić information content (AvgIpc) is 3.30. The fraction of sp³-hybridized carbons (Fsp3) is 0.294. The Morgan fingerprint density at radius 2 is 0.847 bits per heavy atom. The highest BCUT2D eigenvalue weighted by Gasteiger charge is 2.51. The Morgan fingerprint density at radius 1 is 0.475 bits per heavy atom. The van der Waals surface area contributed by atoms with Crippen molar-refractivity contribution >= 4 is 103 Å². The van der Waals surface area contributed by atoms with Crippen LogP contribution in [0, 0.1) is 0 Å². The highest BCUT2D eigenvalue weighted by atomic mass is 31.2. The van der Waals surface area contributed by atoms with Crippen molar-refractivity contribution in [3.05, 3.63) is 122 Å². The molecule has 2 saturated carbocycles. The van der Waals surface area contributed by atoms with Crippen LogP contribution in [0.1, 0.15) is 64.2 Å². The molecule has 294 valence electrons. The van der Waals surface area contributed by atoms with Crippen molar-refractivity contribution in [1.29, 1.82) is 0 Å². The Kier molecular flexibility index (Phi) is 9.35. The minimum Gasteiger partial charge on any atom is -0.341 e. The molecule has 59 heavy (non-hydrogen) atoms. The summed E-state index contributed by atoms with van der Waals surface area (Å²) in [7, 11) is 1.63. The summed E-state index contributed by atoms with van der Waals surface area (Å²) in [6.07, 6.45) is 20.4. The topological polar surface area (TPSA) is 58.0 Å². The number of pyridine rings is 4. The molecule has 1 aliphatic heterocycles. The molecule has 0 amide bonds. The molecule has 8 heteroatoms. The Labute approximate surface area is 349 Å². The summed E-state index contributed by atoms with van der Waals surface area (Å²) >= 11 is 0. The van der Waals surface area contributed by atoms with E-state index in [1.165, 1.54) is 130 Å². The van der Waals surface area contributed by atoms with Crippen LogP contribution in [0.3, 0.4) is 0 Å². The first-order valence-electron chi connectivity index (χ1n) is 21.6. The lowest BCUT2D eigenvalue weighted by atomic mass is 10.0. The smallest absolute Gasteiger partial charge is 0.125 e. The maximum Gasteiger partial charge on any atom is 0.125 e. The van der Waals surface area contributed by atoms with Crippen molar-refractivity contribution < 1.29 is 0 Å². The predicted octanol–water partition coefficient (Wildman–Crippen LogP) is 11.4. The zero-order valence-electron chi connectivity index (χ0n) is 34.4. The van der Waals surface area contributed by atoms with Crippen LogP contribution >= 0.6 is 15.2 Å². The maximum absolute atomic E-state index is 5.06. The molecule has 0 atom stereocenters. The van der Waals surface area contributed by atoms with E-state index >= 15 is 0 Å². The molecule has 0 spiro atoms. The zero-order chi connectivity index (χ0) is 39.7. The minimum absolute atomic E-state index is 0.528. The van der Waals surface area contributed by atoms with Gasteiger partial charge in [0.25, 0.3) is 0 Å². The minimum atomic E-state index is -2.20. The van der Waals surface area contributed by atoms with Crippen LogP contribution in [0.5, 0.6) is 0 Å². The summed E-state index contributed by atoms with van der Waals surface area (Å²) in [6, 6.07) is 37.2. The van der Waals surface area contributed by atoms with Gasteiger partial charge in [-0.3, -0.25) is 19.9 Å². The molecular formula is C51H51N6P2+. The fourth-order valence-electron chi connectivity index (χ4n) is 10.8. The third kappa shape index (κ3) is 6.20. The van der Waals surface area contributed by atoms with Gasteiger partial charge in [-0.15, -0.1) is 0 Å². The molecule has 0 unspecified atom stereocenters. The molecule has 4 aromatic carbocycles. The largest absolute Gasteiger partial charge is 0.341 e. The molecule has 4 aromatic heterocycles. The Morgan fingerprint density at radius 3 is 1.27 bits per heavy atom. The molecule has 3 aliphatic rings. The summed E-state index contributed by atoms with van der Waals surface area (Å²) < 4.78 is 0. The third-order valence-electron chi connectivity index (χ3n) is 14.0. The first kappa shape index (κ1) is 37.0. The summed E-state index contributed by atoms with van der Waals surface area (Å²) in [5, 5.41) is 10.5. The predicted molar refractivity (Wildman–Crippen MR) is 255 cm³/mol. The molecule has 5 heterocycles. The molecule has 8 aromatic rings. The number of fused-ring (bicyclic) bond motifs is 8. The first-order valence-corrected chi connectivity index (χ1v) is 25.4. The number of benzene rings is 4. The Hall–Kier alpha value is -5.02. The van der Waals surface area contributed by atoms with E-state index in [4.69, 9.17) is 19.9 Å². The number of rotatable bonds is 2. The van der Waals surface area contributed by atoms with E-state index in [-0.39, 0.29) is 0 Å². The lowest BCUT2D eigenvalue weighted by Crippen LogP contribution is -2.39. The SMILES string of the molecule is CN1c2cc3cccnc3cc2P(C2CCCCC2)c2cc3ncccc3cc2N(C)c2cc3cccnc3cc2[P+](C)(C2CCCCC2)c2cc3ncccc3cc21. The Bertz CT molecular complexity index is 2720. The molecule has 2 aliphatic carbocycles. The van der Waals surface area contributed by atoms with Crippen LogP contribution in [-0.2, 0) is 0 Å². The normalized spacial score (nSPS) is 20.5. The molecule has 11 rings (SSSR count). The van der Waals surface area contributed by atoms with Gasteiger partial charge >= 0.3 is 0 Å². The standard InChI is InChI=1S/C51H51N6P2/c1-56-44-26-34-14-10-22-52-40(34)30-48(44)58(38-18-6-4-7-19-38)49-31-41-35(15-11-23-53-41)27-45(49)57(2)47-29-37-17-13-25-55-43(37)33-51(47)59(3,39-20-8-5-9-21-39)50-32-42-36(28-46(50)56)16-12-24-54-42/h10-17,22-33,38-39H,4-9,18-21H2,1-3H3/q+1. The average molecular weight is 810 g/mol.